The lowest BCUT2D eigenvalue weighted by Gasteiger charge is -2.35. The van der Waals surface area contributed by atoms with Crippen molar-refractivity contribution in [3.63, 3.8) is 0 Å². The molecular formula is C17H26N2O3. The number of piperazine rings is 1. The van der Waals surface area contributed by atoms with Crippen LogP contribution in [0.4, 0.5) is 0 Å². The van der Waals surface area contributed by atoms with Gasteiger partial charge in [0.1, 0.15) is 11.5 Å². The third-order valence-corrected chi connectivity index (χ3v) is 4.12. The van der Waals surface area contributed by atoms with Gasteiger partial charge in [-0.3, -0.25) is 4.79 Å². The van der Waals surface area contributed by atoms with Crippen LogP contribution in [-0.4, -0.2) is 61.6 Å². The van der Waals surface area contributed by atoms with Gasteiger partial charge in [0, 0.05) is 26.2 Å². The van der Waals surface area contributed by atoms with Crippen LogP contribution in [0.2, 0.25) is 0 Å². The van der Waals surface area contributed by atoms with Gasteiger partial charge in [0.2, 0.25) is 0 Å². The first-order chi connectivity index (χ1) is 10.7. The number of hydrogen-bond acceptors (Lipinski definition) is 4. The molecule has 0 aromatic heterocycles. The van der Waals surface area contributed by atoms with Crippen LogP contribution in [-0.2, 0) is 4.79 Å². The first kappa shape index (κ1) is 16.6. The molecule has 1 aromatic carbocycles. The molecule has 1 saturated heterocycles. The van der Waals surface area contributed by atoms with Crippen molar-refractivity contribution < 1.29 is 14.3 Å². The van der Waals surface area contributed by atoms with E-state index in [4.69, 9.17) is 9.47 Å². The summed E-state index contributed by atoms with van der Waals surface area (Å²) in [6.07, 6.45) is 0.250. The Hall–Kier alpha value is -1.75. The van der Waals surface area contributed by atoms with Gasteiger partial charge in [-0.05, 0) is 37.2 Å². The Morgan fingerprint density at radius 3 is 2.18 bits per heavy atom. The zero-order valence-electron chi connectivity index (χ0n) is 13.7. The largest absolute Gasteiger partial charge is 0.497 e. The number of nitrogens with zero attached hydrogens (tertiary/aromatic N) is 2. The normalized spacial score (nSPS) is 17.1. The summed E-state index contributed by atoms with van der Waals surface area (Å²) in [5, 5.41) is 0. The molecule has 0 aliphatic carbocycles. The molecule has 1 aliphatic rings. The third kappa shape index (κ3) is 4.13. The number of amides is 1. The highest BCUT2D eigenvalue weighted by Crippen LogP contribution is 2.20. The second kappa shape index (κ2) is 8.03. The molecule has 1 unspecified atom stereocenters. The summed E-state index contributed by atoms with van der Waals surface area (Å²) < 4.78 is 11.0. The smallest absolute Gasteiger partial charge is 0.263 e. The van der Waals surface area contributed by atoms with Crippen LogP contribution in [0.5, 0.6) is 11.5 Å². The molecule has 1 fully saturated rings. The van der Waals surface area contributed by atoms with Gasteiger partial charge in [0.05, 0.1) is 7.11 Å². The minimum atomic E-state index is -0.415. The number of likely N-dealkylation sites (N-methyl/N-ethyl adjacent to an activating group) is 1. The van der Waals surface area contributed by atoms with Crippen molar-refractivity contribution in [2.45, 2.75) is 26.4 Å². The molecule has 0 bridgehead atoms. The highest BCUT2D eigenvalue weighted by molar-refractivity contribution is 5.81. The standard InChI is InChI=1S/C17H26N2O3/c1-4-16(22-15-8-6-14(21-3)7-9-15)17(20)19-12-10-18(5-2)11-13-19/h6-9,16H,4-5,10-13H2,1-3H3. The first-order valence-electron chi connectivity index (χ1n) is 7.99. The van der Waals surface area contributed by atoms with Gasteiger partial charge in [-0.1, -0.05) is 13.8 Å². The van der Waals surface area contributed by atoms with E-state index in [2.05, 4.69) is 11.8 Å². The predicted octanol–water partition coefficient (Wildman–Crippen LogP) is 2.02. The highest BCUT2D eigenvalue weighted by atomic mass is 16.5. The van der Waals surface area contributed by atoms with Crippen molar-refractivity contribution >= 4 is 5.91 Å². The Balaban J connectivity index is 1.93. The van der Waals surface area contributed by atoms with Crippen molar-refractivity contribution in [1.29, 1.82) is 0 Å². The maximum absolute atomic E-state index is 12.6. The summed E-state index contributed by atoms with van der Waals surface area (Å²) in [5.74, 6) is 1.57. The number of carbonyl (C=O) groups excluding carboxylic acids is 1. The van der Waals surface area contributed by atoms with E-state index >= 15 is 0 Å². The molecule has 1 heterocycles. The Bertz CT molecular complexity index is 467. The Kier molecular flexibility index (Phi) is 6.07. The van der Waals surface area contributed by atoms with Crippen molar-refractivity contribution in [3.8, 4) is 11.5 Å². The Morgan fingerprint density at radius 1 is 1.09 bits per heavy atom. The molecule has 1 aromatic rings. The number of ether oxygens (including phenoxy) is 2. The topological polar surface area (TPSA) is 42.0 Å². The summed E-state index contributed by atoms with van der Waals surface area (Å²) >= 11 is 0. The van der Waals surface area contributed by atoms with Crippen molar-refractivity contribution in [1.82, 2.24) is 9.80 Å². The van der Waals surface area contributed by atoms with Crippen molar-refractivity contribution in [2.75, 3.05) is 39.8 Å². The number of benzene rings is 1. The SMILES string of the molecule is CCC(Oc1ccc(OC)cc1)C(=O)N1CCN(CC)CC1. The van der Waals surface area contributed by atoms with Crippen LogP contribution >= 0.6 is 0 Å². The van der Waals surface area contributed by atoms with E-state index in [9.17, 15) is 4.79 Å². The minimum absolute atomic E-state index is 0.0917. The first-order valence-corrected chi connectivity index (χ1v) is 7.99. The molecule has 2 rings (SSSR count). The molecule has 5 heteroatoms. The van der Waals surface area contributed by atoms with E-state index in [1.54, 1.807) is 7.11 Å². The van der Waals surface area contributed by atoms with Crippen molar-refractivity contribution in [2.24, 2.45) is 0 Å². The van der Waals surface area contributed by atoms with Gasteiger partial charge < -0.3 is 19.3 Å². The summed E-state index contributed by atoms with van der Waals surface area (Å²) in [5.41, 5.74) is 0. The van der Waals surface area contributed by atoms with Crippen LogP contribution in [0.3, 0.4) is 0 Å². The maximum atomic E-state index is 12.6. The quantitative estimate of drug-likeness (QED) is 0.806. The van der Waals surface area contributed by atoms with Gasteiger partial charge in [0.25, 0.3) is 5.91 Å². The average molecular weight is 306 g/mol. The van der Waals surface area contributed by atoms with E-state index in [0.717, 1.165) is 38.5 Å². The molecule has 0 saturated carbocycles. The van der Waals surface area contributed by atoms with E-state index < -0.39 is 6.10 Å². The fourth-order valence-electron chi connectivity index (χ4n) is 2.62. The molecule has 22 heavy (non-hydrogen) atoms. The number of carbonyl (C=O) groups is 1. The van der Waals surface area contributed by atoms with Gasteiger partial charge in [0.15, 0.2) is 6.10 Å². The molecule has 0 N–H and O–H groups in total. The van der Waals surface area contributed by atoms with Gasteiger partial charge >= 0.3 is 0 Å². The highest BCUT2D eigenvalue weighted by Gasteiger charge is 2.27. The van der Waals surface area contributed by atoms with Gasteiger partial charge in [-0.15, -0.1) is 0 Å². The molecule has 0 spiro atoms. The summed E-state index contributed by atoms with van der Waals surface area (Å²) in [7, 11) is 1.63. The predicted molar refractivity (Wildman–Crippen MR) is 86.4 cm³/mol. The van der Waals surface area contributed by atoms with Gasteiger partial charge in [-0.25, -0.2) is 0 Å². The van der Waals surface area contributed by atoms with Crippen LogP contribution in [0.1, 0.15) is 20.3 Å². The fraction of sp³-hybridized carbons (Fsp3) is 0.588. The second-order valence-electron chi connectivity index (χ2n) is 5.45. The number of rotatable bonds is 6. The van der Waals surface area contributed by atoms with Crippen LogP contribution in [0.25, 0.3) is 0 Å². The second-order valence-corrected chi connectivity index (χ2v) is 5.45. The molecule has 122 valence electrons. The lowest BCUT2D eigenvalue weighted by molar-refractivity contribution is -0.140. The summed E-state index contributed by atoms with van der Waals surface area (Å²) in [4.78, 5) is 16.9. The summed E-state index contributed by atoms with van der Waals surface area (Å²) in [6.45, 7) is 8.64. The maximum Gasteiger partial charge on any atom is 0.263 e. The summed E-state index contributed by atoms with van der Waals surface area (Å²) in [6, 6.07) is 7.35. The number of hydrogen-bond donors (Lipinski definition) is 0. The molecule has 1 atom stereocenters. The lowest BCUT2D eigenvalue weighted by atomic mass is 10.2. The molecule has 1 aliphatic heterocycles. The third-order valence-electron chi connectivity index (χ3n) is 4.12. The minimum Gasteiger partial charge on any atom is -0.497 e. The zero-order valence-corrected chi connectivity index (χ0v) is 13.7. The molecular weight excluding hydrogens is 280 g/mol. The van der Waals surface area contributed by atoms with E-state index in [1.807, 2.05) is 36.1 Å². The molecule has 0 radical (unpaired) electrons. The zero-order chi connectivity index (χ0) is 15.9. The Labute approximate surface area is 132 Å². The van der Waals surface area contributed by atoms with E-state index in [1.165, 1.54) is 0 Å². The lowest BCUT2D eigenvalue weighted by Crippen LogP contribution is -2.52. The average Bonchev–Trinajstić information content (AvgIpc) is 2.59. The van der Waals surface area contributed by atoms with Gasteiger partial charge in [-0.2, -0.15) is 0 Å². The number of methoxy groups -OCH3 is 1. The van der Waals surface area contributed by atoms with Crippen LogP contribution in [0, 0.1) is 0 Å². The van der Waals surface area contributed by atoms with Crippen molar-refractivity contribution in [3.05, 3.63) is 24.3 Å². The molecule has 1 amide bonds. The van der Waals surface area contributed by atoms with E-state index in [0.29, 0.717) is 12.2 Å². The molecule has 5 nitrogen and oxygen atoms in total. The van der Waals surface area contributed by atoms with Crippen LogP contribution < -0.4 is 9.47 Å². The fourth-order valence-corrected chi connectivity index (χ4v) is 2.62. The monoisotopic (exact) mass is 306 g/mol. The van der Waals surface area contributed by atoms with Crippen LogP contribution in [0.15, 0.2) is 24.3 Å². The Morgan fingerprint density at radius 2 is 1.68 bits per heavy atom. The van der Waals surface area contributed by atoms with E-state index in [-0.39, 0.29) is 5.91 Å².